The van der Waals surface area contributed by atoms with Crippen molar-refractivity contribution in [3.8, 4) is 0 Å². The Hall–Kier alpha value is -3.38. The lowest BCUT2D eigenvalue weighted by molar-refractivity contribution is -0.117. The lowest BCUT2D eigenvalue weighted by atomic mass is 9.93. The Morgan fingerprint density at radius 1 is 1.03 bits per heavy atom. The standard InChI is InChI=1S/C25H27N5O/c31-25(28-24-10-13-26-30(24)17-19-6-2-1-3-7-19)18-29-14-11-20(12-15-29)23-16-21-8-4-5-9-22(21)27-23/h1-10,13,16,20,27H,11-12,14-15,17-18H2,(H,28,31). The molecule has 0 saturated carbocycles. The van der Waals surface area contributed by atoms with Crippen LogP contribution in [0.4, 0.5) is 5.82 Å². The molecule has 1 fully saturated rings. The van der Waals surface area contributed by atoms with E-state index in [0.29, 0.717) is 19.0 Å². The SMILES string of the molecule is O=C(CN1CCC(c2cc3ccccc3[nH]2)CC1)Nc1ccnn1Cc1ccccc1. The first-order valence-electron chi connectivity index (χ1n) is 10.9. The first-order chi connectivity index (χ1) is 15.2. The highest BCUT2D eigenvalue weighted by Crippen LogP contribution is 2.29. The number of hydrogen-bond acceptors (Lipinski definition) is 3. The van der Waals surface area contributed by atoms with Crippen LogP contribution >= 0.6 is 0 Å². The van der Waals surface area contributed by atoms with Crippen molar-refractivity contribution in [2.75, 3.05) is 25.0 Å². The van der Waals surface area contributed by atoms with Crippen molar-refractivity contribution in [3.05, 3.63) is 84.2 Å². The Kier molecular flexibility index (Phi) is 5.54. The second kappa shape index (κ2) is 8.78. The highest BCUT2D eigenvalue weighted by molar-refractivity contribution is 5.91. The van der Waals surface area contributed by atoms with Crippen molar-refractivity contribution in [1.29, 1.82) is 0 Å². The zero-order valence-corrected chi connectivity index (χ0v) is 17.5. The van der Waals surface area contributed by atoms with Gasteiger partial charge in [0.05, 0.1) is 19.3 Å². The van der Waals surface area contributed by atoms with E-state index in [1.807, 2.05) is 28.9 Å². The van der Waals surface area contributed by atoms with Gasteiger partial charge in [0.1, 0.15) is 5.82 Å². The van der Waals surface area contributed by atoms with Crippen molar-refractivity contribution in [2.45, 2.75) is 25.3 Å². The maximum absolute atomic E-state index is 12.7. The van der Waals surface area contributed by atoms with Crippen LogP contribution in [0.25, 0.3) is 10.9 Å². The lowest BCUT2D eigenvalue weighted by Gasteiger charge is -2.31. The molecule has 2 aromatic carbocycles. The number of aromatic nitrogens is 3. The molecule has 0 aliphatic carbocycles. The number of aromatic amines is 1. The number of hydrogen-bond donors (Lipinski definition) is 2. The van der Waals surface area contributed by atoms with Gasteiger partial charge in [-0.1, -0.05) is 48.5 Å². The van der Waals surface area contributed by atoms with E-state index in [2.05, 4.69) is 62.8 Å². The summed E-state index contributed by atoms with van der Waals surface area (Å²) in [5.74, 6) is 1.28. The van der Waals surface area contributed by atoms with Crippen LogP contribution in [0, 0.1) is 0 Å². The first kappa shape index (κ1) is 19.6. The third-order valence-corrected chi connectivity index (χ3v) is 6.10. The second-order valence-electron chi connectivity index (χ2n) is 8.27. The van der Waals surface area contributed by atoms with Gasteiger partial charge in [0.15, 0.2) is 0 Å². The molecule has 0 radical (unpaired) electrons. The second-order valence-corrected chi connectivity index (χ2v) is 8.27. The molecule has 31 heavy (non-hydrogen) atoms. The summed E-state index contributed by atoms with van der Waals surface area (Å²) in [6, 6.07) is 22.7. The van der Waals surface area contributed by atoms with E-state index in [0.717, 1.165) is 37.3 Å². The Morgan fingerprint density at radius 2 is 1.81 bits per heavy atom. The number of para-hydroxylation sites is 1. The van der Waals surface area contributed by atoms with E-state index in [9.17, 15) is 4.79 Å². The molecular weight excluding hydrogens is 386 g/mol. The van der Waals surface area contributed by atoms with Crippen LogP contribution in [0.5, 0.6) is 0 Å². The molecule has 5 rings (SSSR count). The molecule has 2 aromatic heterocycles. The first-order valence-corrected chi connectivity index (χ1v) is 10.9. The number of carbonyl (C=O) groups is 1. The smallest absolute Gasteiger partial charge is 0.239 e. The quantitative estimate of drug-likeness (QED) is 0.497. The average Bonchev–Trinajstić information content (AvgIpc) is 3.42. The number of amides is 1. The summed E-state index contributed by atoms with van der Waals surface area (Å²) in [6.45, 7) is 2.91. The number of H-pyrrole nitrogens is 1. The molecular formula is C25H27N5O. The summed E-state index contributed by atoms with van der Waals surface area (Å²) in [4.78, 5) is 18.5. The van der Waals surface area contributed by atoms with E-state index in [1.54, 1.807) is 6.20 Å². The van der Waals surface area contributed by atoms with Crippen LogP contribution in [-0.4, -0.2) is 45.2 Å². The monoisotopic (exact) mass is 413 g/mol. The highest BCUT2D eigenvalue weighted by Gasteiger charge is 2.23. The number of rotatable bonds is 6. The number of nitrogens with one attached hydrogen (secondary N) is 2. The van der Waals surface area contributed by atoms with Crippen LogP contribution < -0.4 is 5.32 Å². The number of anilines is 1. The molecule has 4 aromatic rings. The van der Waals surface area contributed by atoms with E-state index >= 15 is 0 Å². The van der Waals surface area contributed by atoms with Gasteiger partial charge in [-0.15, -0.1) is 0 Å². The summed E-state index contributed by atoms with van der Waals surface area (Å²) < 4.78 is 1.83. The normalized spacial score (nSPS) is 15.4. The molecule has 1 saturated heterocycles. The molecule has 0 atom stereocenters. The minimum absolute atomic E-state index is 0.0128. The summed E-state index contributed by atoms with van der Waals surface area (Å²) in [7, 11) is 0. The van der Waals surface area contributed by atoms with Gasteiger partial charge in [0, 0.05) is 23.2 Å². The zero-order valence-electron chi connectivity index (χ0n) is 17.5. The summed E-state index contributed by atoms with van der Waals surface area (Å²) in [6.07, 6.45) is 3.85. The van der Waals surface area contributed by atoms with Gasteiger partial charge >= 0.3 is 0 Å². The lowest BCUT2D eigenvalue weighted by Crippen LogP contribution is -2.39. The number of likely N-dealkylation sites (tertiary alicyclic amines) is 1. The minimum atomic E-state index is 0.0128. The van der Waals surface area contributed by atoms with Gasteiger partial charge in [0.2, 0.25) is 5.91 Å². The number of piperidine rings is 1. The Morgan fingerprint density at radius 3 is 2.61 bits per heavy atom. The maximum Gasteiger partial charge on any atom is 0.239 e. The molecule has 6 heteroatoms. The van der Waals surface area contributed by atoms with Gasteiger partial charge in [-0.2, -0.15) is 5.10 Å². The van der Waals surface area contributed by atoms with Crippen LogP contribution in [0.1, 0.15) is 30.0 Å². The molecule has 0 unspecified atom stereocenters. The molecule has 1 aliphatic heterocycles. The minimum Gasteiger partial charge on any atom is -0.358 e. The fraction of sp³-hybridized carbons (Fsp3) is 0.280. The van der Waals surface area contributed by atoms with Gasteiger partial charge in [-0.25, -0.2) is 4.68 Å². The fourth-order valence-electron chi connectivity index (χ4n) is 4.42. The Balaban J connectivity index is 1.14. The Bertz CT molecular complexity index is 1120. The van der Waals surface area contributed by atoms with Gasteiger partial charge in [-0.3, -0.25) is 9.69 Å². The van der Waals surface area contributed by atoms with E-state index in [4.69, 9.17) is 0 Å². The maximum atomic E-state index is 12.7. The van der Waals surface area contributed by atoms with E-state index in [-0.39, 0.29) is 5.91 Å². The van der Waals surface area contributed by atoms with E-state index < -0.39 is 0 Å². The van der Waals surface area contributed by atoms with Gasteiger partial charge < -0.3 is 10.3 Å². The third kappa shape index (κ3) is 4.54. The Labute approximate surface area is 181 Å². The molecule has 1 aliphatic rings. The molecule has 1 amide bonds. The number of carbonyl (C=O) groups excluding carboxylic acids is 1. The summed E-state index contributed by atoms with van der Waals surface area (Å²) in [5, 5.41) is 8.66. The predicted molar refractivity (Wildman–Crippen MR) is 123 cm³/mol. The number of benzene rings is 2. The third-order valence-electron chi connectivity index (χ3n) is 6.10. The topological polar surface area (TPSA) is 66.0 Å². The van der Waals surface area contributed by atoms with Crippen molar-refractivity contribution in [2.24, 2.45) is 0 Å². The molecule has 2 N–H and O–H groups in total. The largest absolute Gasteiger partial charge is 0.358 e. The molecule has 3 heterocycles. The summed E-state index contributed by atoms with van der Waals surface area (Å²) in [5.41, 5.74) is 3.67. The van der Waals surface area contributed by atoms with Crippen molar-refractivity contribution >= 4 is 22.6 Å². The fourth-order valence-corrected chi connectivity index (χ4v) is 4.42. The summed E-state index contributed by atoms with van der Waals surface area (Å²) >= 11 is 0. The van der Waals surface area contributed by atoms with Crippen molar-refractivity contribution in [3.63, 3.8) is 0 Å². The number of fused-ring (bicyclic) bond motifs is 1. The van der Waals surface area contributed by atoms with Gasteiger partial charge in [0.25, 0.3) is 0 Å². The average molecular weight is 414 g/mol. The molecule has 0 spiro atoms. The van der Waals surface area contributed by atoms with Gasteiger partial charge in [-0.05, 0) is 49.0 Å². The highest BCUT2D eigenvalue weighted by atomic mass is 16.2. The number of nitrogens with zero attached hydrogens (tertiary/aromatic N) is 3. The van der Waals surface area contributed by atoms with Crippen molar-refractivity contribution < 1.29 is 4.79 Å². The van der Waals surface area contributed by atoms with Crippen LogP contribution in [0.15, 0.2) is 72.9 Å². The van der Waals surface area contributed by atoms with Crippen LogP contribution in [0.3, 0.4) is 0 Å². The van der Waals surface area contributed by atoms with Crippen molar-refractivity contribution in [1.82, 2.24) is 19.7 Å². The van der Waals surface area contributed by atoms with Crippen LogP contribution in [-0.2, 0) is 11.3 Å². The molecule has 6 nitrogen and oxygen atoms in total. The zero-order chi connectivity index (χ0) is 21.0. The van der Waals surface area contributed by atoms with Crippen LogP contribution in [0.2, 0.25) is 0 Å². The van der Waals surface area contributed by atoms with E-state index in [1.165, 1.54) is 16.6 Å². The molecule has 158 valence electrons. The molecule has 0 bridgehead atoms. The predicted octanol–water partition coefficient (Wildman–Crippen LogP) is 4.23.